The lowest BCUT2D eigenvalue weighted by atomic mass is 9.94. The molecule has 0 aliphatic carbocycles. The minimum atomic E-state index is 0.634. The average molecular weight is 1840 g/mol. The van der Waals surface area contributed by atoms with E-state index >= 15 is 0 Å². The van der Waals surface area contributed by atoms with Gasteiger partial charge in [0, 0.05) is 102 Å². The van der Waals surface area contributed by atoms with Gasteiger partial charge in [-0.15, -0.1) is 0 Å². The largest absolute Gasteiger partial charge is 0.264 e. The monoisotopic (exact) mass is 1840 g/mol. The maximum absolute atomic E-state index is 5.02. The van der Waals surface area contributed by atoms with E-state index in [-0.39, 0.29) is 0 Å². The van der Waals surface area contributed by atoms with Gasteiger partial charge >= 0.3 is 0 Å². The Balaban J connectivity index is 0.000000117. The molecule has 0 spiro atoms. The fourth-order valence-corrected chi connectivity index (χ4v) is 18.8. The highest BCUT2D eigenvalue weighted by atomic mass is 15.1. The van der Waals surface area contributed by atoms with Gasteiger partial charge in [-0.3, -0.25) is 15.0 Å². The van der Waals surface area contributed by atoms with Gasteiger partial charge in [-0.05, 0) is 152 Å². The van der Waals surface area contributed by atoms with Crippen molar-refractivity contribution >= 4 is 64.9 Å². The Morgan fingerprint density at radius 2 is 0.410 bits per heavy atom. The summed E-state index contributed by atoms with van der Waals surface area (Å²) in [7, 11) is 0. The lowest BCUT2D eigenvalue weighted by molar-refractivity contribution is 1.07. The van der Waals surface area contributed by atoms with Crippen LogP contribution in [-0.4, -0.2) is 59.8 Å². The molecule has 0 aliphatic rings. The van der Waals surface area contributed by atoms with E-state index in [0.29, 0.717) is 52.4 Å². The first-order chi connectivity index (χ1) is 71.3. The zero-order valence-corrected chi connectivity index (χ0v) is 78.0. The quantitative estimate of drug-likeness (QED) is 0.0797. The highest BCUT2D eigenvalue weighted by Crippen LogP contribution is 2.41. The van der Waals surface area contributed by atoms with Crippen LogP contribution in [0, 0.1) is 0 Å². The summed E-state index contributed by atoms with van der Waals surface area (Å²) in [6.07, 6.45) is 7.60. The van der Waals surface area contributed by atoms with Crippen molar-refractivity contribution in [3.63, 3.8) is 0 Å². The summed E-state index contributed by atoms with van der Waals surface area (Å²) in [5.74, 6) is 5.78. The smallest absolute Gasteiger partial charge is 0.164 e. The summed E-state index contributed by atoms with van der Waals surface area (Å²) in [5, 5.41) is 11.8. The highest BCUT2D eigenvalue weighted by molar-refractivity contribution is 6.13. The number of aromatic nitrogens is 12. The fraction of sp³-hybridized carbons (Fsp3) is 0. The first-order valence-corrected chi connectivity index (χ1v) is 48.1. The molecule has 0 aliphatic heterocycles. The molecule has 0 amide bonds. The SMILES string of the molecule is c1ccc(-c2ccc(-c3nc(-c4ccccc4)nc(-c4ccc(-c5ccc(-c6ccc7c(c6)ncc6ccccc67)cc5)cc4)n3)cc2)cc1.c1ccc(-c2ccc(-c3nc(-c4ccccc4)nc(-c4ccc(-c5ccc(-c6ccc7c(ccc8ccncc87)c6)cc5)cc4)n3)cc2)cc1.c1ccc(-c2ccc(-c3nc(-c4ccccc4)nc(-c4cccc(-c5cc6cccnc6c6ccccc56)c4)n3)cc2)cc1. The van der Waals surface area contributed by atoms with Gasteiger partial charge in [0.05, 0.1) is 11.0 Å². The number of pyridine rings is 3. The van der Waals surface area contributed by atoms with Crippen molar-refractivity contribution in [1.82, 2.24) is 59.8 Å². The van der Waals surface area contributed by atoms with Gasteiger partial charge in [-0.1, -0.05) is 461 Å². The standard InChI is InChI=1S/2C46H30N4.C40H26N4/c1-3-9-31(10-4-1)32-19-23-37(24-20-32)45-48-44(36-11-5-2-6-12-36)49-46(50-45)38-25-21-34(22-26-38)33-15-17-35(18-16-33)39-27-28-42-41-14-8-7-13-40(41)30-47-43(42)29-39;1-3-7-31(8-4-1)32-15-20-38(21-16-32)45-48-44(37-9-5-2-6-10-37)49-46(50-45)39-22-17-34(18-23-39)33-11-13-35(14-12-33)40-25-26-42-41(29-40)24-19-36-27-28-47-30-43(36)42;1-3-11-27(12-4-1)28-20-22-30(23-21-28)39-42-38(29-13-5-2-6-14-29)43-40(44-39)33-16-9-15-31(25-33)36-26-32-17-10-24-41-37(32)35-19-8-7-18-34(35)36/h2*1-30H;1-26H. The zero-order valence-electron chi connectivity index (χ0n) is 78.0. The van der Waals surface area contributed by atoms with E-state index in [1.54, 1.807) is 0 Å². The summed E-state index contributed by atoms with van der Waals surface area (Å²) in [6, 6.07) is 172. The van der Waals surface area contributed by atoms with Crippen molar-refractivity contribution in [2.24, 2.45) is 0 Å². The molecule has 0 N–H and O–H groups in total. The van der Waals surface area contributed by atoms with E-state index in [9.17, 15) is 0 Å². The van der Waals surface area contributed by atoms with E-state index in [0.717, 1.165) is 144 Å². The fourth-order valence-electron chi connectivity index (χ4n) is 18.8. The summed E-state index contributed by atoms with van der Waals surface area (Å²) in [6.45, 7) is 0. The summed E-state index contributed by atoms with van der Waals surface area (Å²) >= 11 is 0. The van der Waals surface area contributed by atoms with Crippen molar-refractivity contribution in [1.29, 1.82) is 0 Å². The molecule has 6 heterocycles. The second kappa shape index (κ2) is 39.5. The predicted molar refractivity (Wildman–Crippen MR) is 590 cm³/mol. The van der Waals surface area contributed by atoms with E-state index < -0.39 is 0 Å². The second-order valence-corrected chi connectivity index (χ2v) is 35.5. The molecule has 0 saturated heterocycles. The Kier molecular flexibility index (Phi) is 23.9. The molecule has 12 nitrogen and oxygen atoms in total. The van der Waals surface area contributed by atoms with Gasteiger partial charge in [-0.2, -0.15) is 0 Å². The van der Waals surface area contributed by atoms with E-state index in [1.807, 2.05) is 140 Å². The van der Waals surface area contributed by atoms with Crippen molar-refractivity contribution in [2.45, 2.75) is 0 Å². The summed E-state index contributed by atoms with van der Waals surface area (Å²) in [5.41, 5.74) is 28.9. The number of nitrogens with zero attached hydrogens (tertiary/aromatic N) is 12. The lowest BCUT2D eigenvalue weighted by Gasteiger charge is -2.12. The van der Waals surface area contributed by atoms with E-state index in [4.69, 9.17) is 49.8 Å². The molecule has 0 saturated carbocycles. The normalized spacial score (nSPS) is 11.2. The van der Waals surface area contributed by atoms with E-state index in [2.05, 4.69) is 392 Å². The molecule has 674 valence electrons. The lowest BCUT2D eigenvalue weighted by Crippen LogP contribution is -2.00. The number of fused-ring (bicyclic) bond motifs is 9. The van der Waals surface area contributed by atoms with Crippen molar-refractivity contribution in [2.75, 3.05) is 0 Å². The van der Waals surface area contributed by atoms with Crippen LogP contribution in [0.15, 0.2) is 522 Å². The molecule has 0 fully saturated rings. The van der Waals surface area contributed by atoms with Crippen LogP contribution in [0.5, 0.6) is 0 Å². The Morgan fingerprint density at radius 3 is 0.819 bits per heavy atom. The van der Waals surface area contributed by atoms with Gasteiger partial charge in [0.15, 0.2) is 52.4 Å². The number of rotatable bonds is 17. The van der Waals surface area contributed by atoms with Crippen LogP contribution in [0.3, 0.4) is 0 Å². The Hall–Kier alpha value is -19.6. The molecule has 0 radical (unpaired) electrons. The number of benzene rings is 20. The minimum Gasteiger partial charge on any atom is -0.264 e. The molecule has 26 rings (SSSR count). The molecule has 0 unspecified atom stereocenters. The van der Waals surface area contributed by atoms with Gasteiger partial charge in [0.2, 0.25) is 0 Å². The Labute approximate surface area is 832 Å². The maximum atomic E-state index is 5.02. The van der Waals surface area contributed by atoms with Crippen LogP contribution in [0.25, 0.3) is 256 Å². The van der Waals surface area contributed by atoms with Crippen molar-refractivity contribution < 1.29 is 0 Å². The third-order valence-electron chi connectivity index (χ3n) is 26.4. The maximum Gasteiger partial charge on any atom is 0.164 e. The molecule has 0 bridgehead atoms. The third-order valence-corrected chi connectivity index (χ3v) is 26.4. The van der Waals surface area contributed by atoms with Crippen LogP contribution >= 0.6 is 0 Å². The Bertz CT molecular complexity index is 8780. The molecule has 20 aromatic carbocycles. The van der Waals surface area contributed by atoms with Gasteiger partial charge < -0.3 is 0 Å². The first-order valence-electron chi connectivity index (χ1n) is 48.1. The van der Waals surface area contributed by atoms with Crippen LogP contribution in [0.1, 0.15) is 0 Å². The topological polar surface area (TPSA) is 155 Å². The van der Waals surface area contributed by atoms with Gasteiger partial charge in [-0.25, -0.2) is 44.9 Å². The Morgan fingerprint density at radius 1 is 0.125 bits per heavy atom. The average Bonchev–Trinajstić information content (AvgIpc) is 0.751. The van der Waals surface area contributed by atoms with Crippen molar-refractivity contribution in [3.8, 4) is 192 Å². The highest BCUT2D eigenvalue weighted by Gasteiger charge is 2.21. The third kappa shape index (κ3) is 18.5. The van der Waals surface area contributed by atoms with Gasteiger partial charge in [0.25, 0.3) is 0 Å². The van der Waals surface area contributed by atoms with Crippen LogP contribution in [-0.2, 0) is 0 Å². The van der Waals surface area contributed by atoms with Gasteiger partial charge in [0.1, 0.15) is 0 Å². The molecule has 144 heavy (non-hydrogen) atoms. The number of hydrogen-bond acceptors (Lipinski definition) is 12. The second-order valence-electron chi connectivity index (χ2n) is 35.5. The van der Waals surface area contributed by atoms with E-state index in [1.165, 1.54) is 60.1 Å². The molecule has 0 atom stereocenters. The molecular weight excluding hydrogens is 1750 g/mol. The summed E-state index contributed by atoms with van der Waals surface area (Å²) < 4.78 is 0. The molecular formula is C132H86N12. The predicted octanol–water partition coefficient (Wildman–Crippen LogP) is 33.1. The van der Waals surface area contributed by atoms with Crippen LogP contribution in [0.2, 0.25) is 0 Å². The molecule has 12 heteroatoms. The minimum absolute atomic E-state index is 0.634. The van der Waals surface area contributed by atoms with Crippen molar-refractivity contribution in [3.05, 3.63) is 522 Å². The first kappa shape index (κ1) is 87.2. The zero-order chi connectivity index (χ0) is 95.9. The van der Waals surface area contributed by atoms with Crippen LogP contribution in [0.4, 0.5) is 0 Å². The summed E-state index contributed by atoms with van der Waals surface area (Å²) in [4.78, 5) is 58.3. The molecule has 26 aromatic rings. The molecule has 6 aromatic heterocycles. The number of hydrogen-bond donors (Lipinski definition) is 0. The van der Waals surface area contributed by atoms with Crippen LogP contribution < -0.4 is 0 Å².